The summed E-state index contributed by atoms with van der Waals surface area (Å²) in [6.07, 6.45) is 0. The van der Waals surface area contributed by atoms with Crippen molar-refractivity contribution in [3.05, 3.63) is 78.4 Å². The molecule has 0 aliphatic heterocycles. The van der Waals surface area contributed by atoms with Crippen molar-refractivity contribution in [3.8, 4) is 5.69 Å². The summed E-state index contributed by atoms with van der Waals surface area (Å²) in [5.74, 6) is -0.326. The van der Waals surface area contributed by atoms with E-state index in [0.717, 1.165) is 16.7 Å². The Morgan fingerprint density at radius 3 is 2.04 bits per heavy atom. The van der Waals surface area contributed by atoms with Crippen LogP contribution in [0.5, 0.6) is 0 Å². The van der Waals surface area contributed by atoms with Crippen molar-refractivity contribution in [2.24, 2.45) is 0 Å². The highest BCUT2D eigenvalue weighted by Crippen LogP contribution is 2.31. The standard InChI is InChI=1S/C20H15NO2/c1-23-20(22)14-7-6-8-15(13-14)21-18-11-4-2-9-16(18)17-10-3-5-12-19(17)21/h2-13H,1H3. The molecule has 0 unspecified atom stereocenters. The summed E-state index contributed by atoms with van der Waals surface area (Å²) >= 11 is 0. The van der Waals surface area contributed by atoms with Crippen LogP contribution in [0.2, 0.25) is 0 Å². The first-order valence-electron chi connectivity index (χ1n) is 7.46. The van der Waals surface area contributed by atoms with E-state index in [1.165, 1.54) is 17.9 Å². The lowest BCUT2D eigenvalue weighted by Crippen LogP contribution is -2.02. The van der Waals surface area contributed by atoms with E-state index in [0.29, 0.717) is 5.56 Å². The van der Waals surface area contributed by atoms with Gasteiger partial charge >= 0.3 is 5.97 Å². The minimum absolute atomic E-state index is 0.326. The SMILES string of the molecule is COC(=O)c1cccc(-n2c3ccccc3c3ccccc32)c1. The van der Waals surface area contributed by atoms with E-state index in [-0.39, 0.29) is 5.97 Å². The second-order valence-corrected chi connectivity index (χ2v) is 5.41. The zero-order chi connectivity index (χ0) is 15.8. The van der Waals surface area contributed by atoms with Crippen LogP contribution in [0, 0.1) is 0 Å². The van der Waals surface area contributed by atoms with Gasteiger partial charge in [0.2, 0.25) is 0 Å². The predicted molar refractivity (Wildman–Crippen MR) is 92.1 cm³/mol. The van der Waals surface area contributed by atoms with Gasteiger partial charge in [-0.25, -0.2) is 4.79 Å². The first-order valence-corrected chi connectivity index (χ1v) is 7.46. The highest BCUT2D eigenvalue weighted by molar-refractivity contribution is 6.09. The summed E-state index contributed by atoms with van der Waals surface area (Å²) in [5.41, 5.74) is 3.74. The molecular weight excluding hydrogens is 286 g/mol. The van der Waals surface area contributed by atoms with Crippen LogP contribution in [0.3, 0.4) is 0 Å². The number of hydrogen-bond acceptors (Lipinski definition) is 2. The van der Waals surface area contributed by atoms with Gasteiger partial charge in [0.15, 0.2) is 0 Å². The Kier molecular flexibility index (Phi) is 3.12. The number of rotatable bonds is 2. The molecule has 23 heavy (non-hydrogen) atoms. The highest BCUT2D eigenvalue weighted by Gasteiger charge is 2.13. The molecule has 0 saturated heterocycles. The summed E-state index contributed by atoms with van der Waals surface area (Å²) in [6.45, 7) is 0. The van der Waals surface area contributed by atoms with Crippen LogP contribution in [-0.2, 0) is 4.74 Å². The first-order chi connectivity index (χ1) is 11.3. The van der Waals surface area contributed by atoms with Gasteiger partial charge in [0, 0.05) is 16.5 Å². The zero-order valence-electron chi connectivity index (χ0n) is 12.7. The number of ether oxygens (including phenoxy) is 1. The van der Waals surface area contributed by atoms with Gasteiger partial charge in [-0.15, -0.1) is 0 Å². The van der Waals surface area contributed by atoms with Crippen molar-refractivity contribution >= 4 is 27.8 Å². The number of fused-ring (bicyclic) bond motifs is 3. The minimum atomic E-state index is -0.326. The van der Waals surface area contributed by atoms with E-state index in [4.69, 9.17) is 4.74 Å². The van der Waals surface area contributed by atoms with Gasteiger partial charge in [0.05, 0.1) is 23.7 Å². The predicted octanol–water partition coefficient (Wildman–Crippen LogP) is 4.57. The fourth-order valence-corrected chi connectivity index (χ4v) is 3.09. The third kappa shape index (κ3) is 2.09. The van der Waals surface area contributed by atoms with Crippen molar-refractivity contribution in [1.82, 2.24) is 4.57 Å². The number of carbonyl (C=O) groups is 1. The van der Waals surface area contributed by atoms with Gasteiger partial charge in [-0.05, 0) is 30.3 Å². The molecule has 0 saturated carbocycles. The molecule has 3 nitrogen and oxygen atoms in total. The Balaban J connectivity index is 2.06. The van der Waals surface area contributed by atoms with Crippen LogP contribution in [-0.4, -0.2) is 17.6 Å². The molecule has 0 N–H and O–H groups in total. The highest BCUT2D eigenvalue weighted by atomic mass is 16.5. The summed E-state index contributed by atoms with van der Waals surface area (Å²) in [4.78, 5) is 11.8. The van der Waals surface area contributed by atoms with E-state index in [2.05, 4.69) is 28.8 Å². The lowest BCUT2D eigenvalue weighted by molar-refractivity contribution is 0.0600. The number of nitrogens with zero attached hydrogens (tertiary/aromatic N) is 1. The molecule has 3 aromatic carbocycles. The maximum Gasteiger partial charge on any atom is 0.337 e. The second-order valence-electron chi connectivity index (χ2n) is 5.41. The molecule has 0 aliphatic rings. The monoisotopic (exact) mass is 301 g/mol. The molecule has 0 bridgehead atoms. The van der Waals surface area contributed by atoms with Gasteiger partial charge in [0.25, 0.3) is 0 Å². The van der Waals surface area contributed by atoms with Gasteiger partial charge < -0.3 is 9.30 Å². The van der Waals surface area contributed by atoms with E-state index in [9.17, 15) is 4.79 Å². The van der Waals surface area contributed by atoms with E-state index in [1.54, 1.807) is 6.07 Å². The van der Waals surface area contributed by atoms with E-state index in [1.807, 2.05) is 42.5 Å². The van der Waals surface area contributed by atoms with Crippen LogP contribution in [0.15, 0.2) is 72.8 Å². The number of aromatic nitrogens is 1. The lowest BCUT2D eigenvalue weighted by atomic mass is 10.2. The molecule has 1 heterocycles. The molecule has 0 amide bonds. The summed E-state index contributed by atoms with van der Waals surface area (Å²) in [6, 6.07) is 24.1. The molecule has 112 valence electrons. The van der Waals surface area contributed by atoms with Crippen LogP contribution in [0.1, 0.15) is 10.4 Å². The van der Waals surface area contributed by atoms with Crippen molar-refractivity contribution in [1.29, 1.82) is 0 Å². The number of carbonyl (C=O) groups excluding carboxylic acids is 1. The third-order valence-electron chi connectivity index (χ3n) is 4.11. The first kappa shape index (κ1) is 13.6. The number of methoxy groups -OCH3 is 1. The molecule has 4 aromatic rings. The fraction of sp³-hybridized carbons (Fsp3) is 0.0500. The average molecular weight is 301 g/mol. The quantitative estimate of drug-likeness (QED) is 0.508. The molecular formula is C20H15NO2. The molecule has 0 fully saturated rings. The molecule has 0 aliphatic carbocycles. The largest absolute Gasteiger partial charge is 0.465 e. The second kappa shape index (κ2) is 5.29. The molecule has 3 heteroatoms. The van der Waals surface area contributed by atoms with Gasteiger partial charge in [-0.3, -0.25) is 0 Å². The summed E-state index contributed by atoms with van der Waals surface area (Å²) in [5, 5.41) is 2.40. The number of benzene rings is 3. The average Bonchev–Trinajstić information content (AvgIpc) is 2.96. The number of esters is 1. The van der Waals surface area contributed by atoms with Gasteiger partial charge in [0.1, 0.15) is 0 Å². The van der Waals surface area contributed by atoms with Crippen molar-refractivity contribution < 1.29 is 9.53 Å². The third-order valence-corrected chi connectivity index (χ3v) is 4.11. The zero-order valence-corrected chi connectivity index (χ0v) is 12.7. The minimum Gasteiger partial charge on any atom is -0.465 e. The van der Waals surface area contributed by atoms with Crippen molar-refractivity contribution in [2.45, 2.75) is 0 Å². The van der Waals surface area contributed by atoms with Crippen LogP contribution >= 0.6 is 0 Å². The molecule has 0 radical (unpaired) electrons. The number of hydrogen-bond donors (Lipinski definition) is 0. The Hall–Kier alpha value is -3.07. The Morgan fingerprint density at radius 1 is 0.826 bits per heavy atom. The normalized spacial score (nSPS) is 11.0. The summed E-state index contributed by atoms with van der Waals surface area (Å²) < 4.78 is 7.01. The van der Waals surface area contributed by atoms with E-state index >= 15 is 0 Å². The maximum atomic E-state index is 11.8. The topological polar surface area (TPSA) is 31.2 Å². The molecule has 0 spiro atoms. The smallest absolute Gasteiger partial charge is 0.337 e. The van der Waals surface area contributed by atoms with E-state index < -0.39 is 0 Å². The molecule has 4 rings (SSSR count). The molecule has 1 aromatic heterocycles. The number of para-hydroxylation sites is 2. The Morgan fingerprint density at radius 2 is 1.43 bits per heavy atom. The Bertz CT molecular complexity index is 977. The van der Waals surface area contributed by atoms with Crippen molar-refractivity contribution in [2.75, 3.05) is 7.11 Å². The fourth-order valence-electron chi connectivity index (χ4n) is 3.09. The maximum absolute atomic E-state index is 11.8. The summed E-state index contributed by atoms with van der Waals surface area (Å²) in [7, 11) is 1.40. The van der Waals surface area contributed by atoms with Crippen LogP contribution in [0.25, 0.3) is 27.5 Å². The lowest BCUT2D eigenvalue weighted by Gasteiger charge is -2.09. The Labute approximate surface area is 133 Å². The van der Waals surface area contributed by atoms with Crippen LogP contribution in [0.4, 0.5) is 0 Å². The van der Waals surface area contributed by atoms with Gasteiger partial charge in [-0.1, -0.05) is 42.5 Å². The van der Waals surface area contributed by atoms with Crippen LogP contribution < -0.4 is 0 Å². The molecule has 0 atom stereocenters. The van der Waals surface area contributed by atoms with Gasteiger partial charge in [-0.2, -0.15) is 0 Å². The van der Waals surface area contributed by atoms with Crippen molar-refractivity contribution in [3.63, 3.8) is 0 Å².